The fourth-order valence-corrected chi connectivity index (χ4v) is 0.428. The molecule has 0 N–H and O–H groups in total. The maximum atomic E-state index is 3.99. The van der Waals surface area contributed by atoms with Crippen LogP contribution in [0.1, 0.15) is 33.1 Å². The fraction of sp³-hybridized carbons (Fsp3) is 0.750. The lowest BCUT2D eigenvalue weighted by atomic mass is 10.3. The first kappa shape index (κ1) is 8.36. The molecule has 1 radical (unpaired) electrons. The lowest BCUT2D eigenvalue weighted by Crippen LogP contribution is -1.97. The van der Waals surface area contributed by atoms with Crippen molar-refractivity contribution in [3.63, 3.8) is 0 Å². The van der Waals surface area contributed by atoms with E-state index in [9.17, 15) is 0 Å². The van der Waals surface area contributed by atoms with Crippen LogP contribution in [0.3, 0.4) is 0 Å². The molecule has 0 heterocycles. The standard InChI is InChI=1S/C8H14N/c1-3-5-7-9-8-6-4-2/h3-5,7H2,1-2H3. The molecule has 0 aliphatic carbocycles. The van der Waals surface area contributed by atoms with Gasteiger partial charge in [0, 0.05) is 19.0 Å². The molecular weight excluding hydrogens is 110 g/mol. The molecule has 0 rings (SSSR count). The summed E-state index contributed by atoms with van der Waals surface area (Å²) in [6, 6.07) is 2.74. The van der Waals surface area contributed by atoms with E-state index in [4.69, 9.17) is 0 Å². The zero-order chi connectivity index (χ0) is 6.95. The van der Waals surface area contributed by atoms with Crippen molar-refractivity contribution in [2.24, 2.45) is 0 Å². The van der Waals surface area contributed by atoms with E-state index < -0.39 is 0 Å². The first-order valence-corrected chi connectivity index (χ1v) is 3.56. The number of nitrogens with zero attached hydrogens (tertiary/aromatic N) is 1. The summed E-state index contributed by atoms with van der Waals surface area (Å²) >= 11 is 0. The summed E-state index contributed by atoms with van der Waals surface area (Å²) in [7, 11) is 0. The van der Waals surface area contributed by atoms with Crippen LogP contribution >= 0.6 is 0 Å². The average molecular weight is 124 g/mol. The van der Waals surface area contributed by atoms with Crippen LogP contribution in [0, 0.1) is 12.0 Å². The van der Waals surface area contributed by atoms with E-state index >= 15 is 0 Å². The van der Waals surface area contributed by atoms with Gasteiger partial charge in [0.05, 0.1) is 0 Å². The predicted octanol–water partition coefficient (Wildman–Crippen LogP) is 1.76. The van der Waals surface area contributed by atoms with E-state index in [0.717, 1.165) is 13.0 Å². The first-order valence-electron chi connectivity index (χ1n) is 3.56. The molecule has 0 aromatic heterocycles. The largest absolute Gasteiger partial charge is 0.236 e. The highest BCUT2D eigenvalue weighted by atomic mass is 14.8. The van der Waals surface area contributed by atoms with Gasteiger partial charge in [-0.2, -0.15) is 0 Å². The van der Waals surface area contributed by atoms with Gasteiger partial charge in [0.15, 0.2) is 0 Å². The third-order valence-electron chi connectivity index (χ3n) is 0.958. The molecule has 0 aliphatic rings. The third kappa shape index (κ3) is 7.36. The van der Waals surface area contributed by atoms with Crippen LogP contribution in [0.25, 0.3) is 0 Å². The van der Waals surface area contributed by atoms with Crippen molar-refractivity contribution in [3.05, 3.63) is 0 Å². The Kier molecular flexibility index (Phi) is 6.84. The molecule has 0 aliphatic heterocycles. The van der Waals surface area contributed by atoms with Crippen molar-refractivity contribution in [1.29, 1.82) is 0 Å². The van der Waals surface area contributed by atoms with Gasteiger partial charge in [0.25, 0.3) is 0 Å². The van der Waals surface area contributed by atoms with Crippen LogP contribution in [0.4, 0.5) is 0 Å². The Balaban J connectivity index is 2.90. The molecule has 0 aromatic carbocycles. The number of hydrogen-bond donors (Lipinski definition) is 0. The van der Waals surface area contributed by atoms with Crippen molar-refractivity contribution < 1.29 is 0 Å². The summed E-state index contributed by atoms with van der Waals surface area (Å²) in [5.41, 5.74) is 0. The van der Waals surface area contributed by atoms with Crippen LogP contribution < -0.4 is 5.32 Å². The van der Waals surface area contributed by atoms with Crippen LogP contribution in [0.5, 0.6) is 0 Å². The lowest BCUT2D eigenvalue weighted by molar-refractivity contribution is 0.739. The molecule has 1 nitrogen and oxygen atoms in total. The smallest absolute Gasteiger partial charge is 0.0490 e. The Labute approximate surface area is 57.8 Å². The van der Waals surface area contributed by atoms with Gasteiger partial charge in [0.2, 0.25) is 0 Å². The van der Waals surface area contributed by atoms with Gasteiger partial charge >= 0.3 is 0 Å². The van der Waals surface area contributed by atoms with Gasteiger partial charge in [0.1, 0.15) is 0 Å². The monoisotopic (exact) mass is 124 g/mol. The van der Waals surface area contributed by atoms with Gasteiger partial charge in [-0.25, -0.2) is 5.32 Å². The maximum Gasteiger partial charge on any atom is 0.0490 e. The second kappa shape index (κ2) is 7.36. The average Bonchev–Trinajstić information content (AvgIpc) is 1.89. The van der Waals surface area contributed by atoms with Crippen molar-refractivity contribution in [2.75, 3.05) is 6.54 Å². The van der Waals surface area contributed by atoms with E-state index in [0.29, 0.717) is 0 Å². The topological polar surface area (TPSA) is 14.1 Å². The predicted molar refractivity (Wildman–Crippen MR) is 40.0 cm³/mol. The maximum absolute atomic E-state index is 3.99. The highest BCUT2D eigenvalue weighted by molar-refractivity contribution is 4.94. The van der Waals surface area contributed by atoms with Gasteiger partial charge in [-0.15, -0.1) is 0 Å². The molecular formula is C8H14N. The minimum Gasteiger partial charge on any atom is -0.236 e. The molecule has 0 unspecified atom stereocenters. The number of hydrogen-bond acceptors (Lipinski definition) is 0. The van der Waals surface area contributed by atoms with Crippen LogP contribution in [-0.2, 0) is 0 Å². The second-order valence-electron chi connectivity index (χ2n) is 1.88. The molecule has 0 saturated carbocycles. The molecule has 1 heteroatoms. The van der Waals surface area contributed by atoms with Crippen LogP contribution in [-0.4, -0.2) is 6.54 Å². The molecule has 0 spiro atoms. The van der Waals surface area contributed by atoms with Crippen molar-refractivity contribution in [1.82, 2.24) is 5.32 Å². The molecule has 0 saturated heterocycles. The minimum absolute atomic E-state index is 0.906. The summed E-state index contributed by atoms with van der Waals surface area (Å²) in [5, 5.41) is 3.99. The summed E-state index contributed by atoms with van der Waals surface area (Å²) < 4.78 is 0. The Morgan fingerprint density at radius 1 is 1.33 bits per heavy atom. The lowest BCUT2D eigenvalue weighted by Gasteiger charge is -1.88. The molecule has 51 valence electrons. The van der Waals surface area contributed by atoms with Crippen LogP contribution in [0.2, 0.25) is 0 Å². The molecule has 0 aromatic rings. The van der Waals surface area contributed by atoms with Crippen molar-refractivity contribution in [3.8, 4) is 12.0 Å². The SMILES string of the molecule is CCC#C[N]CCCC. The number of rotatable bonds is 3. The van der Waals surface area contributed by atoms with Gasteiger partial charge in [-0.1, -0.05) is 26.2 Å². The van der Waals surface area contributed by atoms with E-state index in [-0.39, 0.29) is 0 Å². The summed E-state index contributed by atoms with van der Waals surface area (Å²) in [6.07, 6.45) is 3.28. The normalized spacial score (nSPS) is 7.78. The fourth-order valence-electron chi connectivity index (χ4n) is 0.428. The zero-order valence-electron chi connectivity index (χ0n) is 6.28. The molecule has 9 heavy (non-hydrogen) atoms. The molecule has 0 bridgehead atoms. The second-order valence-corrected chi connectivity index (χ2v) is 1.88. The van der Waals surface area contributed by atoms with Gasteiger partial charge < -0.3 is 0 Å². The van der Waals surface area contributed by atoms with E-state index in [1.54, 1.807) is 0 Å². The Bertz CT molecular complexity index is 96.9. The summed E-state index contributed by atoms with van der Waals surface area (Å²) in [5.74, 6) is 2.89. The quantitative estimate of drug-likeness (QED) is 0.402. The van der Waals surface area contributed by atoms with Crippen molar-refractivity contribution >= 4 is 0 Å². The Morgan fingerprint density at radius 3 is 2.67 bits per heavy atom. The Morgan fingerprint density at radius 2 is 2.11 bits per heavy atom. The van der Waals surface area contributed by atoms with E-state index in [1.165, 1.54) is 12.8 Å². The summed E-state index contributed by atoms with van der Waals surface area (Å²) in [4.78, 5) is 0. The highest BCUT2D eigenvalue weighted by Gasteiger charge is 1.78. The van der Waals surface area contributed by atoms with Crippen LogP contribution in [0.15, 0.2) is 0 Å². The molecule has 0 amide bonds. The minimum atomic E-state index is 0.906. The highest BCUT2D eigenvalue weighted by Crippen LogP contribution is 1.81. The molecule has 0 atom stereocenters. The zero-order valence-corrected chi connectivity index (χ0v) is 6.28. The Hall–Kier alpha value is -0.640. The summed E-state index contributed by atoms with van der Waals surface area (Å²) in [6.45, 7) is 5.09. The van der Waals surface area contributed by atoms with E-state index in [2.05, 4.69) is 24.2 Å². The van der Waals surface area contributed by atoms with E-state index in [1.807, 2.05) is 6.92 Å². The van der Waals surface area contributed by atoms with Gasteiger partial charge in [-0.05, 0) is 6.42 Å². The number of unbranched alkanes of at least 4 members (excludes halogenated alkanes) is 1. The van der Waals surface area contributed by atoms with Gasteiger partial charge in [-0.3, -0.25) is 0 Å². The molecule has 0 fully saturated rings. The first-order chi connectivity index (χ1) is 4.41. The van der Waals surface area contributed by atoms with Crippen molar-refractivity contribution in [2.45, 2.75) is 33.1 Å². The third-order valence-corrected chi connectivity index (χ3v) is 0.958.